The van der Waals surface area contributed by atoms with Gasteiger partial charge in [-0.3, -0.25) is 4.98 Å². The van der Waals surface area contributed by atoms with Crippen LogP contribution in [-0.2, 0) is 0 Å². The summed E-state index contributed by atoms with van der Waals surface area (Å²) in [6, 6.07) is 3.97. The van der Waals surface area contributed by atoms with Gasteiger partial charge in [0.1, 0.15) is 0 Å². The minimum absolute atomic E-state index is 1.01. The Morgan fingerprint density at radius 3 is 2.91 bits per heavy atom. The Morgan fingerprint density at radius 2 is 2.36 bits per heavy atom. The predicted molar refractivity (Wildman–Crippen MR) is 51.3 cm³/mol. The first-order valence-corrected chi connectivity index (χ1v) is 4.40. The van der Waals surface area contributed by atoms with Crippen molar-refractivity contribution in [1.82, 2.24) is 4.98 Å². The van der Waals surface area contributed by atoms with Gasteiger partial charge in [0.25, 0.3) is 0 Å². The number of aromatic nitrogens is 1. The molecule has 0 fully saturated rings. The maximum atomic E-state index is 4.18. The summed E-state index contributed by atoms with van der Waals surface area (Å²) < 4.78 is 1.02. The Labute approximate surface area is 75.3 Å². The molecule has 0 amide bonds. The topological polar surface area (TPSA) is 12.9 Å². The van der Waals surface area contributed by atoms with Crippen LogP contribution in [0.1, 0.15) is 19.0 Å². The number of hydrogen-bond donors (Lipinski definition) is 0. The van der Waals surface area contributed by atoms with Crippen LogP contribution in [0.15, 0.2) is 28.9 Å². The number of allylic oxidation sites excluding steroid dienone is 1. The molecule has 0 spiro atoms. The van der Waals surface area contributed by atoms with Gasteiger partial charge in [-0.1, -0.05) is 13.0 Å². The van der Waals surface area contributed by atoms with E-state index in [0.29, 0.717) is 0 Å². The van der Waals surface area contributed by atoms with Crippen molar-refractivity contribution in [3.63, 3.8) is 0 Å². The maximum Gasteiger partial charge on any atom is 0.0627 e. The molecule has 58 valence electrons. The molecule has 1 rings (SSSR count). The molecule has 0 saturated carbocycles. The summed E-state index contributed by atoms with van der Waals surface area (Å²) in [5.41, 5.74) is 1.01. The smallest absolute Gasteiger partial charge is 0.0627 e. The lowest BCUT2D eigenvalue weighted by Gasteiger charge is -1.91. The lowest BCUT2D eigenvalue weighted by atomic mass is 10.3. The number of rotatable bonds is 2. The van der Waals surface area contributed by atoms with E-state index in [4.69, 9.17) is 0 Å². The van der Waals surface area contributed by atoms with Crippen molar-refractivity contribution >= 4 is 22.0 Å². The third-order valence-electron chi connectivity index (χ3n) is 1.27. The molecule has 0 aromatic carbocycles. The second-order valence-electron chi connectivity index (χ2n) is 2.21. The van der Waals surface area contributed by atoms with Crippen LogP contribution in [0.5, 0.6) is 0 Å². The molecule has 11 heavy (non-hydrogen) atoms. The lowest BCUT2D eigenvalue weighted by Crippen LogP contribution is -1.77. The number of pyridine rings is 1. The molecule has 0 aliphatic carbocycles. The number of nitrogens with zero attached hydrogens (tertiary/aromatic N) is 1. The predicted octanol–water partition coefficient (Wildman–Crippen LogP) is 3.27. The maximum absolute atomic E-state index is 4.18. The molecule has 1 aromatic heterocycles. The Morgan fingerprint density at radius 1 is 1.55 bits per heavy atom. The SMILES string of the molecule is CC/C=C/c1ccc(Br)cn1. The second kappa shape index (κ2) is 4.29. The zero-order valence-corrected chi connectivity index (χ0v) is 8.01. The van der Waals surface area contributed by atoms with Gasteiger partial charge in [0, 0.05) is 10.7 Å². The average molecular weight is 212 g/mol. The van der Waals surface area contributed by atoms with E-state index in [2.05, 4.69) is 33.9 Å². The van der Waals surface area contributed by atoms with Crippen molar-refractivity contribution in [2.75, 3.05) is 0 Å². The van der Waals surface area contributed by atoms with Crippen LogP contribution in [-0.4, -0.2) is 4.98 Å². The van der Waals surface area contributed by atoms with Gasteiger partial charge in [-0.05, 0) is 40.6 Å². The highest BCUT2D eigenvalue weighted by molar-refractivity contribution is 9.10. The van der Waals surface area contributed by atoms with Crippen LogP contribution >= 0.6 is 15.9 Å². The van der Waals surface area contributed by atoms with Gasteiger partial charge in [0.2, 0.25) is 0 Å². The number of hydrogen-bond acceptors (Lipinski definition) is 1. The van der Waals surface area contributed by atoms with E-state index in [1.54, 1.807) is 6.20 Å². The summed E-state index contributed by atoms with van der Waals surface area (Å²) in [6.45, 7) is 2.11. The normalized spacial score (nSPS) is 10.7. The summed E-state index contributed by atoms with van der Waals surface area (Å²) in [6.07, 6.45) is 6.97. The van der Waals surface area contributed by atoms with Gasteiger partial charge < -0.3 is 0 Å². The monoisotopic (exact) mass is 211 g/mol. The van der Waals surface area contributed by atoms with Crippen molar-refractivity contribution in [3.05, 3.63) is 34.6 Å². The van der Waals surface area contributed by atoms with Gasteiger partial charge in [-0.15, -0.1) is 0 Å². The first-order chi connectivity index (χ1) is 5.33. The van der Waals surface area contributed by atoms with Crippen molar-refractivity contribution in [2.24, 2.45) is 0 Å². The van der Waals surface area contributed by atoms with E-state index in [0.717, 1.165) is 16.6 Å². The molecule has 0 aliphatic heterocycles. The quantitative estimate of drug-likeness (QED) is 0.733. The van der Waals surface area contributed by atoms with Crippen molar-refractivity contribution in [3.8, 4) is 0 Å². The molecule has 0 saturated heterocycles. The molecule has 0 N–H and O–H groups in total. The first-order valence-electron chi connectivity index (χ1n) is 3.61. The highest BCUT2D eigenvalue weighted by Gasteiger charge is 1.86. The third-order valence-corrected chi connectivity index (χ3v) is 1.74. The van der Waals surface area contributed by atoms with Gasteiger partial charge in [0.15, 0.2) is 0 Å². The minimum atomic E-state index is 1.01. The van der Waals surface area contributed by atoms with E-state index >= 15 is 0 Å². The van der Waals surface area contributed by atoms with Crippen LogP contribution in [0.3, 0.4) is 0 Å². The summed E-state index contributed by atoms with van der Waals surface area (Å²) in [7, 11) is 0. The van der Waals surface area contributed by atoms with Crippen LogP contribution in [0, 0.1) is 0 Å². The molecule has 0 atom stereocenters. The van der Waals surface area contributed by atoms with Gasteiger partial charge >= 0.3 is 0 Å². The van der Waals surface area contributed by atoms with Crippen molar-refractivity contribution < 1.29 is 0 Å². The molecule has 0 bridgehead atoms. The first kappa shape index (κ1) is 8.47. The summed E-state index contributed by atoms with van der Waals surface area (Å²) in [5, 5.41) is 0. The molecule has 1 nitrogen and oxygen atoms in total. The third kappa shape index (κ3) is 2.85. The van der Waals surface area contributed by atoms with Crippen LogP contribution in [0.2, 0.25) is 0 Å². The van der Waals surface area contributed by atoms with E-state index < -0.39 is 0 Å². The van der Waals surface area contributed by atoms with Crippen molar-refractivity contribution in [1.29, 1.82) is 0 Å². The second-order valence-corrected chi connectivity index (χ2v) is 3.13. The molecule has 0 radical (unpaired) electrons. The largest absolute Gasteiger partial charge is 0.256 e. The fourth-order valence-electron chi connectivity index (χ4n) is 0.724. The van der Waals surface area contributed by atoms with Gasteiger partial charge in [0.05, 0.1) is 5.69 Å². The highest BCUT2D eigenvalue weighted by Crippen LogP contribution is 2.08. The summed E-state index contributed by atoms with van der Waals surface area (Å²) in [5.74, 6) is 0. The fraction of sp³-hybridized carbons (Fsp3) is 0.222. The Kier molecular flexibility index (Phi) is 3.30. The van der Waals surface area contributed by atoms with Gasteiger partial charge in [-0.2, -0.15) is 0 Å². The van der Waals surface area contributed by atoms with Crippen LogP contribution < -0.4 is 0 Å². The average Bonchev–Trinajstić information content (AvgIpc) is 2.04. The van der Waals surface area contributed by atoms with Crippen molar-refractivity contribution in [2.45, 2.75) is 13.3 Å². The van der Waals surface area contributed by atoms with E-state index in [9.17, 15) is 0 Å². The molecular weight excluding hydrogens is 202 g/mol. The van der Waals surface area contributed by atoms with Crippen LogP contribution in [0.4, 0.5) is 0 Å². The molecular formula is C9H10BrN. The summed E-state index contributed by atoms with van der Waals surface area (Å²) in [4.78, 5) is 4.18. The molecule has 1 heterocycles. The molecule has 0 aliphatic rings. The van der Waals surface area contributed by atoms with E-state index in [-0.39, 0.29) is 0 Å². The van der Waals surface area contributed by atoms with E-state index in [1.165, 1.54) is 0 Å². The fourth-order valence-corrected chi connectivity index (χ4v) is 0.959. The molecule has 0 unspecified atom stereocenters. The van der Waals surface area contributed by atoms with Crippen LogP contribution in [0.25, 0.3) is 6.08 Å². The molecule has 2 heteroatoms. The van der Waals surface area contributed by atoms with E-state index in [1.807, 2.05) is 18.2 Å². The number of halogens is 1. The zero-order chi connectivity index (χ0) is 8.10. The summed E-state index contributed by atoms with van der Waals surface area (Å²) >= 11 is 3.33. The lowest BCUT2D eigenvalue weighted by molar-refractivity contribution is 1.22. The standard InChI is InChI=1S/C9H10BrN/c1-2-3-4-9-6-5-8(10)7-11-9/h3-7H,2H2,1H3/b4-3+. The Bertz CT molecular complexity index is 238. The zero-order valence-electron chi connectivity index (χ0n) is 6.42. The van der Waals surface area contributed by atoms with Gasteiger partial charge in [-0.25, -0.2) is 0 Å². The Balaban J connectivity index is 2.73. The highest BCUT2D eigenvalue weighted by atomic mass is 79.9. The molecule has 1 aromatic rings. The minimum Gasteiger partial charge on any atom is -0.256 e. The Hall–Kier alpha value is -0.630.